The summed E-state index contributed by atoms with van der Waals surface area (Å²) in [5.41, 5.74) is 0.697. The molecule has 0 aliphatic carbocycles. The van der Waals surface area contributed by atoms with Crippen LogP contribution in [0, 0.1) is 0 Å². The number of benzene rings is 1. The first-order valence-electron chi connectivity index (χ1n) is 4.82. The molecule has 1 aromatic rings. The molecule has 88 valence electrons. The van der Waals surface area contributed by atoms with Gasteiger partial charge in [0.1, 0.15) is 5.03 Å². The lowest BCUT2D eigenvalue weighted by molar-refractivity contribution is -0.139. The van der Waals surface area contributed by atoms with Crippen molar-refractivity contribution in [3.05, 3.63) is 33.8 Å². The summed E-state index contributed by atoms with van der Waals surface area (Å²) >= 11 is 11.6. The Kier molecular flexibility index (Phi) is 2.42. The molecule has 0 N–H and O–H groups in total. The molecule has 0 amide bonds. The molecule has 0 spiro atoms. The van der Waals surface area contributed by atoms with Crippen LogP contribution in [0.3, 0.4) is 0 Å². The number of ether oxygens (including phenoxy) is 3. The van der Waals surface area contributed by atoms with Crippen LogP contribution in [-0.4, -0.2) is 12.8 Å². The van der Waals surface area contributed by atoms with Crippen LogP contribution in [0.5, 0.6) is 11.5 Å². The monoisotopic (exact) mass is 272 g/mol. The quantitative estimate of drug-likeness (QED) is 0.738. The van der Waals surface area contributed by atoms with Gasteiger partial charge in [0.15, 0.2) is 17.6 Å². The maximum atomic E-state index is 11.2. The molecule has 3 rings (SSSR count). The number of cyclic esters (lactones) is 1. The Balaban J connectivity index is 1.99. The maximum Gasteiger partial charge on any atom is 0.352 e. The Morgan fingerprint density at radius 3 is 2.65 bits per heavy atom. The van der Waals surface area contributed by atoms with Gasteiger partial charge < -0.3 is 14.2 Å². The first-order valence-corrected chi connectivity index (χ1v) is 5.58. The molecular formula is C11H6Cl2O4. The van der Waals surface area contributed by atoms with Crippen LogP contribution in [0.2, 0.25) is 0 Å². The van der Waals surface area contributed by atoms with Crippen molar-refractivity contribution in [3.8, 4) is 11.5 Å². The van der Waals surface area contributed by atoms with Crippen LogP contribution in [0.1, 0.15) is 11.7 Å². The van der Waals surface area contributed by atoms with Crippen LogP contribution in [-0.2, 0) is 9.53 Å². The minimum absolute atomic E-state index is 0.0747. The van der Waals surface area contributed by atoms with Gasteiger partial charge in [0.05, 0.1) is 5.03 Å². The van der Waals surface area contributed by atoms with Gasteiger partial charge in [-0.3, -0.25) is 0 Å². The van der Waals surface area contributed by atoms with Crippen molar-refractivity contribution in [2.24, 2.45) is 0 Å². The number of carbonyl (C=O) groups is 1. The highest BCUT2D eigenvalue weighted by Gasteiger charge is 2.34. The lowest BCUT2D eigenvalue weighted by Gasteiger charge is -2.10. The molecule has 0 radical (unpaired) electrons. The van der Waals surface area contributed by atoms with E-state index in [9.17, 15) is 4.79 Å². The SMILES string of the molecule is O=C1O[C@@H](c2ccc3c(c2)OCO3)C(Cl)=C1Cl. The number of carbonyl (C=O) groups excluding carboxylic acids is 1. The summed E-state index contributed by atoms with van der Waals surface area (Å²) in [4.78, 5) is 11.2. The van der Waals surface area contributed by atoms with E-state index >= 15 is 0 Å². The normalized spacial score (nSPS) is 22.0. The fraction of sp³-hybridized carbons (Fsp3) is 0.182. The zero-order valence-corrected chi connectivity index (χ0v) is 9.92. The fourth-order valence-electron chi connectivity index (χ4n) is 1.71. The Morgan fingerprint density at radius 1 is 1.18 bits per heavy atom. The van der Waals surface area contributed by atoms with Gasteiger partial charge in [-0.2, -0.15) is 0 Å². The average molecular weight is 273 g/mol. The van der Waals surface area contributed by atoms with Crippen LogP contribution < -0.4 is 9.47 Å². The molecule has 2 aliphatic heterocycles. The van der Waals surface area contributed by atoms with E-state index in [2.05, 4.69) is 0 Å². The highest BCUT2D eigenvalue weighted by atomic mass is 35.5. The molecule has 4 nitrogen and oxygen atoms in total. The predicted octanol–water partition coefficient (Wildman–Crippen LogP) is 2.70. The molecule has 2 aliphatic rings. The maximum absolute atomic E-state index is 11.2. The van der Waals surface area contributed by atoms with Gasteiger partial charge in [0, 0.05) is 5.56 Å². The third-order valence-corrected chi connectivity index (χ3v) is 3.39. The molecule has 0 saturated heterocycles. The molecule has 2 heterocycles. The van der Waals surface area contributed by atoms with Gasteiger partial charge in [0.25, 0.3) is 0 Å². The average Bonchev–Trinajstić information content (AvgIpc) is 2.89. The zero-order chi connectivity index (χ0) is 12.0. The third-order valence-electron chi connectivity index (χ3n) is 2.54. The minimum atomic E-state index is -0.661. The molecule has 0 saturated carbocycles. The second-order valence-corrected chi connectivity index (χ2v) is 4.35. The number of esters is 1. The van der Waals surface area contributed by atoms with Crippen molar-refractivity contribution in [3.63, 3.8) is 0 Å². The molecule has 1 atom stereocenters. The summed E-state index contributed by atoms with van der Waals surface area (Å²) < 4.78 is 15.5. The predicted molar refractivity (Wildman–Crippen MR) is 60.1 cm³/mol. The van der Waals surface area contributed by atoms with Gasteiger partial charge >= 0.3 is 5.97 Å². The lowest BCUT2D eigenvalue weighted by atomic mass is 10.1. The Bertz CT molecular complexity index is 538. The number of fused-ring (bicyclic) bond motifs is 1. The third kappa shape index (κ3) is 1.64. The van der Waals surface area contributed by atoms with Crippen molar-refractivity contribution in [2.75, 3.05) is 6.79 Å². The molecular weight excluding hydrogens is 267 g/mol. The van der Waals surface area contributed by atoms with E-state index in [1.807, 2.05) is 0 Å². The summed E-state index contributed by atoms with van der Waals surface area (Å²) in [6, 6.07) is 5.21. The standard InChI is InChI=1S/C11H6Cl2O4/c12-8-9(13)11(14)17-10(8)5-1-2-6-7(3-5)16-4-15-6/h1-3,10H,4H2/t10-/m0/s1. The molecule has 0 fully saturated rings. The minimum Gasteiger partial charge on any atom is -0.454 e. The number of halogens is 2. The van der Waals surface area contributed by atoms with Crippen LogP contribution in [0.4, 0.5) is 0 Å². The number of rotatable bonds is 1. The first-order chi connectivity index (χ1) is 8.16. The molecule has 17 heavy (non-hydrogen) atoms. The summed E-state index contributed by atoms with van der Waals surface area (Å²) in [5, 5.41) is 0.116. The topological polar surface area (TPSA) is 44.8 Å². The van der Waals surface area contributed by atoms with E-state index in [1.54, 1.807) is 18.2 Å². The van der Waals surface area contributed by atoms with Crippen molar-refractivity contribution in [1.29, 1.82) is 0 Å². The van der Waals surface area contributed by atoms with Gasteiger partial charge in [-0.05, 0) is 12.1 Å². The van der Waals surface area contributed by atoms with E-state index in [-0.39, 0.29) is 16.9 Å². The van der Waals surface area contributed by atoms with E-state index in [0.717, 1.165) is 0 Å². The van der Waals surface area contributed by atoms with Crippen molar-refractivity contribution in [2.45, 2.75) is 6.10 Å². The van der Waals surface area contributed by atoms with Gasteiger partial charge in [-0.15, -0.1) is 0 Å². The van der Waals surface area contributed by atoms with E-state index in [4.69, 9.17) is 37.4 Å². The Hall–Kier alpha value is -1.39. The van der Waals surface area contributed by atoms with Crippen molar-refractivity contribution >= 4 is 29.2 Å². The molecule has 0 aromatic heterocycles. The molecule has 6 heteroatoms. The highest BCUT2D eigenvalue weighted by molar-refractivity contribution is 6.48. The zero-order valence-electron chi connectivity index (χ0n) is 8.41. The molecule has 1 aromatic carbocycles. The van der Waals surface area contributed by atoms with Gasteiger partial charge in [-0.25, -0.2) is 4.79 Å². The van der Waals surface area contributed by atoms with Crippen LogP contribution in [0.25, 0.3) is 0 Å². The first kappa shape index (κ1) is 10.7. The summed E-state index contributed by atoms with van der Waals surface area (Å²) in [7, 11) is 0. The van der Waals surface area contributed by atoms with Gasteiger partial charge in [0.2, 0.25) is 6.79 Å². The fourth-order valence-corrected chi connectivity index (χ4v) is 2.11. The Labute approximate surface area is 107 Å². The van der Waals surface area contributed by atoms with Crippen LogP contribution in [0.15, 0.2) is 28.3 Å². The lowest BCUT2D eigenvalue weighted by Crippen LogP contribution is -2.01. The molecule has 0 unspecified atom stereocenters. The van der Waals surface area contributed by atoms with Crippen molar-refractivity contribution in [1.82, 2.24) is 0 Å². The number of hydrogen-bond acceptors (Lipinski definition) is 4. The second kappa shape index (κ2) is 3.82. The van der Waals surface area contributed by atoms with Crippen LogP contribution >= 0.6 is 23.2 Å². The van der Waals surface area contributed by atoms with E-state index < -0.39 is 12.1 Å². The smallest absolute Gasteiger partial charge is 0.352 e. The number of hydrogen-bond donors (Lipinski definition) is 0. The summed E-state index contributed by atoms with van der Waals surface area (Å²) in [6.45, 7) is 0.188. The Morgan fingerprint density at radius 2 is 1.94 bits per heavy atom. The highest BCUT2D eigenvalue weighted by Crippen LogP contribution is 2.42. The molecule has 0 bridgehead atoms. The summed E-state index contributed by atoms with van der Waals surface area (Å²) in [5.74, 6) is 0.648. The largest absolute Gasteiger partial charge is 0.454 e. The second-order valence-electron chi connectivity index (χ2n) is 3.56. The van der Waals surface area contributed by atoms with Gasteiger partial charge in [-0.1, -0.05) is 29.3 Å². The van der Waals surface area contributed by atoms with Crippen molar-refractivity contribution < 1.29 is 19.0 Å². The summed E-state index contributed by atoms with van der Waals surface area (Å²) in [6.07, 6.45) is -0.661. The van der Waals surface area contributed by atoms with E-state index in [1.165, 1.54) is 0 Å². The van der Waals surface area contributed by atoms with E-state index in [0.29, 0.717) is 17.1 Å².